The van der Waals surface area contributed by atoms with E-state index in [-0.39, 0.29) is 0 Å². The molecule has 0 saturated carbocycles. The van der Waals surface area contributed by atoms with Crippen LogP contribution >= 0.6 is 11.3 Å². The summed E-state index contributed by atoms with van der Waals surface area (Å²) in [6.45, 7) is 10.4. The summed E-state index contributed by atoms with van der Waals surface area (Å²) in [5, 5.41) is 8.10. The highest BCUT2D eigenvalue weighted by Crippen LogP contribution is 2.17. The van der Waals surface area contributed by atoms with Crippen LogP contribution in [0.5, 0.6) is 0 Å². The molecule has 5 nitrogen and oxygen atoms in total. The van der Waals surface area contributed by atoms with Crippen LogP contribution in [0.1, 0.15) is 39.5 Å². The van der Waals surface area contributed by atoms with Crippen molar-refractivity contribution in [1.29, 1.82) is 0 Å². The number of aromatic nitrogens is 1. The number of nitrogens with one attached hydrogen (secondary N) is 2. The van der Waals surface area contributed by atoms with Crippen LogP contribution in [-0.4, -0.2) is 42.0 Å². The van der Waals surface area contributed by atoms with Gasteiger partial charge in [-0.2, -0.15) is 0 Å². The standard InChI is InChI=1S/C21H31N5S/c1-15-7-5-6-8-18(15)14-26-11-9-19(10-12-26)25-21(22-4)23-13-20-24-16(2)17(3)27-20/h5-8,19H,9-14H2,1-4H3,(H2,22,23,25). The fraction of sp³-hybridized carbons (Fsp3) is 0.524. The monoisotopic (exact) mass is 385 g/mol. The molecule has 0 bridgehead atoms. The number of aliphatic imine (C=N–C) groups is 1. The van der Waals surface area contributed by atoms with Crippen molar-refractivity contribution in [3.8, 4) is 0 Å². The molecule has 1 aromatic carbocycles. The third-order valence-electron chi connectivity index (χ3n) is 5.29. The number of guanidine groups is 1. The van der Waals surface area contributed by atoms with E-state index in [1.165, 1.54) is 16.0 Å². The molecule has 1 aliphatic rings. The van der Waals surface area contributed by atoms with Crippen LogP contribution in [0, 0.1) is 20.8 Å². The maximum atomic E-state index is 4.59. The minimum Gasteiger partial charge on any atom is -0.354 e. The third-order valence-corrected chi connectivity index (χ3v) is 6.36. The molecule has 6 heteroatoms. The fourth-order valence-corrected chi connectivity index (χ4v) is 4.30. The van der Waals surface area contributed by atoms with Crippen LogP contribution in [-0.2, 0) is 13.1 Å². The van der Waals surface area contributed by atoms with Gasteiger partial charge in [0.05, 0.1) is 12.2 Å². The first kappa shape index (κ1) is 19.8. The van der Waals surface area contributed by atoms with Crippen molar-refractivity contribution in [3.05, 3.63) is 51.0 Å². The van der Waals surface area contributed by atoms with E-state index in [4.69, 9.17) is 0 Å². The maximum Gasteiger partial charge on any atom is 0.191 e. The first-order chi connectivity index (χ1) is 13.0. The van der Waals surface area contributed by atoms with Crippen LogP contribution in [0.4, 0.5) is 0 Å². The average Bonchev–Trinajstić information content (AvgIpc) is 2.99. The second-order valence-corrected chi connectivity index (χ2v) is 8.58. The molecular weight excluding hydrogens is 354 g/mol. The normalized spacial score (nSPS) is 16.5. The molecule has 0 amide bonds. The largest absolute Gasteiger partial charge is 0.354 e. The molecule has 2 aromatic rings. The Kier molecular flexibility index (Phi) is 6.85. The van der Waals surface area contributed by atoms with Gasteiger partial charge < -0.3 is 10.6 Å². The third kappa shape index (κ3) is 5.53. The second kappa shape index (κ2) is 9.33. The van der Waals surface area contributed by atoms with E-state index in [0.29, 0.717) is 6.04 Å². The van der Waals surface area contributed by atoms with Gasteiger partial charge in [-0.05, 0) is 44.7 Å². The highest BCUT2D eigenvalue weighted by atomic mass is 32.1. The van der Waals surface area contributed by atoms with E-state index in [1.54, 1.807) is 11.3 Å². The van der Waals surface area contributed by atoms with Crippen molar-refractivity contribution in [3.63, 3.8) is 0 Å². The van der Waals surface area contributed by atoms with Crippen LogP contribution in [0.2, 0.25) is 0 Å². The smallest absolute Gasteiger partial charge is 0.191 e. The van der Waals surface area contributed by atoms with Gasteiger partial charge in [0.1, 0.15) is 5.01 Å². The van der Waals surface area contributed by atoms with Crippen molar-refractivity contribution in [2.45, 2.75) is 52.7 Å². The summed E-state index contributed by atoms with van der Waals surface area (Å²) in [6.07, 6.45) is 2.28. The van der Waals surface area contributed by atoms with Gasteiger partial charge in [-0.15, -0.1) is 11.3 Å². The zero-order valence-electron chi connectivity index (χ0n) is 16.9. The molecular formula is C21H31N5S. The second-order valence-electron chi connectivity index (χ2n) is 7.30. The van der Waals surface area contributed by atoms with Crippen LogP contribution in [0.3, 0.4) is 0 Å². The first-order valence-electron chi connectivity index (χ1n) is 9.72. The number of aryl methyl sites for hydroxylation is 3. The van der Waals surface area contributed by atoms with Crippen LogP contribution in [0.15, 0.2) is 29.3 Å². The fourth-order valence-electron chi connectivity index (χ4n) is 3.43. The Balaban J connectivity index is 1.44. The predicted molar refractivity (Wildman–Crippen MR) is 114 cm³/mol. The Hall–Kier alpha value is -1.92. The first-order valence-corrected chi connectivity index (χ1v) is 10.5. The molecule has 1 saturated heterocycles. The quantitative estimate of drug-likeness (QED) is 0.612. The Bertz CT molecular complexity index is 755. The van der Waals surface area contributed by atoms with E-state index in [0.717, 1.165) is 55.7 Å². The molecule has 3 rings (SSSR count). The summed E-state index contributed by atoms with van der Waals surface area (Å²) < 4.78 is 0. The Morgan fingerprint density at radius 2 is 1.96 bits per heavy atom. The van der Waals surface area contributed by atoms with Crippen molar-refractivity contribution in [2.75, 3.05) is 20.1 Å². The van der Waals surface area contributed by atoms with Crippen molar-refractivity contribution >= 4 is 17.3 Å². The molecule has 0 unspecified atom stereocenters. The molecule has 1 aliphatic heterocycles. The molecule has 0 radical (unpaired) electrons. The van der Waals surface area contributed by atoms with E-state index in [2.05, 4.69) is 70.5 Å². The molecule has 27 heavy (non-hydrogen) atoms. The van der Waals surface area contributed by atoms with Gasteiger partial charge in [0.2, 0.25) is 0 Å². The van der Waals surface area contributed by atoms with Crippen molar-refractivity contribution in [1.82, 2.24) is 20.5 Å². The van der Waals surface area contributed by atoms with E-state index in [9.17, 15) is 0 Å². The van der Waals surface area contributed by atoms with Gasteiger partial charge in [0, 0.05) is 37.6 Å². The minimum absolute atomic E-state index is 0.476. The van der Waals surface area contributed by atoms with Gasteiger partial charge in [-0.3, -0.25) is 9.89 Å². The molecule has 146 valence electrons. The SMILES string of the molecule is CN=C(NCc1nc(C)c(C)s1)NC1CCN(Cc2ccccc2C)CC1. The minimum atomic E-state index is 0.476. The zero-order chi connectivity index (χ0) is 19.2. The van der Waals surface area contributed by atoms with Gasteiger partial charge in [-0.25, -0.2) is 4.98 Å². The molecule has 1 fully saturated rings. The molecule has 2 N–H and O–H groups in total. The maximum absolute atomic E-state index is 4.59. The van der Waals surface area contributed by atoms with Crippen LogP contribution in [0.25, 0.3) is 0 Å². The summed E-state index contributed by atoms with van der Waals surface area (Å²) in [7, 11) is 1.83. The zero-order valence-corrected chi connectivity index (χ0v) is 17.7. The number of hydrogen-bond donors (Lipinski definition) is 2. The lowest BCUT2D eigenvalue weighted by Gasteiger charge is -2.33. The molecule has 1 aromatic heterocycles. The number of piperidine rings is 1. The Morgan fingerprint density at radius 1 is 1.22 bits per heavy atom. The highest BCUT2D eigenvalue weighted by Gasteiger charge is 2.20. The number of hydrogen-bond acceptors (Lipinski definition) is 4. The summed E-state index contributed by atoms with van der Waals surface area (Å²) in [4.78, 5) is 12.8. The van der Waals surface area contributed by atoms with E-state index in [1.807, 2.05) is 7.05 Å². The lowest BCUT2D eigenvalue weighted by molar-refractivity contribution is 0.198. The summed E-state index contributed by atoms with van der Waals surface area (Å²) in [6, 6.07) is 9.17. The topological polar surface area (TPSA) is 52.6 Å². The number of likely N-dealkylation sites (tertiary alicyclic amines) is 1. The lowest BCUT2D eigenvalue weighted by Crippen LogP contribution is -2.48. The Morgan fingerprint density at radius 3 is 2.59 bits per heavy atom. The van der Waals surface area contributed by atoms with Gasteiger partial charge in [-0.1, -0.05) is 24.3 Å². The van der Waals surface area contributed by atoms with Gasteiger partial charge >= 0.3 is 0 Å². The van der Waals surface area contributed by atoms with Crippen LogP contribution < -0.4 is 10.6 Å². The number of rotatable bonds is 5. The molecule has 2 heterocycles. The average molecular weight is 386 g/mol. The van der Waals surface area contributed by atoms with E-state index >= 15 is 0 Å². The molecule has 0 atom stereocenters. The van der Waals surface area contributed by atoms with E-state index < -0.39 is 0 Å². The molecule has 0 spiro atoms. The van der Waals surface area contributed by atoms with Gasteiger partial charge in [0.25, 0.3) is 0 Å². The number of thiazole rings is 1. The Labute approximate surface area is 166 Å². The highest BCUT2D eigenvalue weighted by molar-refractivity contribution is 7.11. The lowest BCUT2D eigenvalue weighted by atomic mass is 10.0. The van der Waals surface area contributed by atoms with Crippen molar-refractivity contribution in [2.24, 2.45) is 4.99 Å². The van der Waals surface area contributed by atoms with Crippen molar-refractivity contribution < 1.29 is 0 Å². The summed E-state index contributed by atoms with van der Waals surface area (Å²) >= 11 is 1.75. The number of benzene rings is 1. The summed E-state index contributed by atoms with van der Waals surface area (Å²) in [5.41, 5.74) is 3.95. The number of nitrogens with zero attached hydrogens (tertiary/aromatic N) is 3. The molecule has 0 aliphatic carbocycles. The predicted octanol–water partition coefficient (Wildman–Crippen LogP) is 3.40. The summed E-state index contributed by atoms with van der Waals surface area (Å²) in [5.74, 6) is 0.873. The van der Waals surface area contributed by atoms with Gasteiger partial charge in [0.15, 0.2) is 5.96 Å².